The summed E-state index contributed by atoms with van der Waals surface area (Å²) in [7, 11) is 3.79. The quantitative estimate of drug-likeness (QED) is 0.829. The van der Waals surface area contributed by atoms with Gasteiger partial charge in [-0.2, -0.15) is 0 Å². The average Bonchev–Trinajstić information content (AvgIpc) is 2.74. The van der Waals surface area contributed by atoms with Gasteiger partial charge in [0.15, 0.2) is 0 Å². The van der Waals surface area contributed by atoms with Crippen molar-refractivity contribution in [3.8, 4) is 5.75 Å². The summed E-state index contributed by atoms with van der Waals surface area (Å²) in [5.41, 5.74) is 7.79. The van der Waals surface area contributed by atoms with Crippen LogP contribution in [0, 0.1) is 0 Å². The first-order valence-corrected chi connectivity index (χ1v) is 6.35. The highest BCUT2D eigenvalue weighted by molar-refractivity contribution is 5.47. The molecule has 1 heterocycles. The maximum atomic E-state index is 5.87. The molecule has 1 aromatic rings. The zero-order chi connectivity index (χ0) is 13.1. The van der Waals surface area contributed by atoms with Gasteiger partial charge in [0, 0.05) is 30.9 Å². The van der Waals surface area contributed by atoms with E-state index in [1.54, 1.807) is 7.11 Å². The van der Waals surface area contributed by atoms with Crippen molar-refractivity contribution in [3.05, 3.63) is 23.8 Å². The molecule has 0 radical (unpaired) electrons. The van der Waals surface area contributed by atoms with Crippen LogP contribution in [-0.4, -0.2) is 37.8 Å². The van der Waals surface area contributed by atoms with Gasteiger partial charge in [-0.1, -0.05) is 0 Å². The van der Waals surface area contributed by atoms with Crippen LogP contribution >= 0.6 is 0 Å². The molecule has 1 saturated heterocycles. The summed E-state index contributed by atoms with van der Waals surface area (Å²) < 4.78 is 10.8. The van der Waals surface area contributed by atoms with Gasteiger partial charge in [0.25, 0.3) is 0 Å². The zero-order valence-corrected chi connectivity index (χ0v) is 11.3. The van der Waals surface area contributed by atoms with Gasteiger partial charge in [0.2, 0.25) is 0 Å². The Hall–Kier alpha value is -1.26. The van der Waals surface area contributed by atoms with Gasteiger partial charge in [-0.25, -0.2) is 0 Å². The largest absolute Gasteiger partial charge is 0.497 e. The Morgan fingerprint density at radius 3 is 2.83 bits per heavy atom. The lowest BCUT2D eigenvalue weighted by molar-refractivity contribution is 0.0814. The number of anilines is 1. The number of ether oxygens (including phenoxy) is 2. The fraction of sp³-hybridized carbons (Fsp3) is 0.571. The van der Waals surface area contributed by atoms with E-state index in [4.69, 9.17) is 15.2 Å². The summed E-state index contributed by atoms with van der Waals surface area (Å²) in [5, 5.41) is 0. The molecule has 1 aliphatic rings. The van der Waals surface area contributed by atoms with Gasteiger partial charge in [-0.3, -0.25) is 4.90 Å². The fourth-order valence-electron chi connectivity index (χ4n) is 2.60. The second kappa shape index (κ2) is 5.59. The van der Waals surface area contributed by atoms with Crippen LogP contribution in [0.2, 0.25) is 0 Å². The van der Waals surface area contributed by atoms with Crippen molar-refractivity contribution in [2.24, 2.45) is 0 Å². The molecular formula is C14H22N2O2. The van der Waals surface area contributed by atoms with E-state index in [0.717, 1.165) is 31.0 Å². The third-order valence-electron chi connectivity index (χ3n) is 3.56. The average molecular weight is 250 g/mol. The third kappa shape index (κ3) is 2.94. The first-order chi connectivity index (χ1) is 8.60. The van der Waals surface area contributed by atoms with Crippen molar-refractivity contribution < 1.29 is 9.47 Å². The molecule has 18 heavy (non-hydrogen) atoms. The molecule has 2 rings (SSSR count). The van der Waals surface area contributed by atoms with Gasteiger partial charge in [-0.15, -0.1) is 0 Å². The van der Waals surface area contributed by atoms with E-state index in [1.807, 2.05) is 18.2 Å². The molecule has 0 aliphatic carbocycles. The highest BCUT2D eigenvalue weighted by Gasteiger charge is 2.27. The number of rotatable bonds is 4. The first-order valence-electron chi connectivity index (χ1n) is 6.35. The van der Waals surface area contributed by atoms with Crippen LogP contribution in [0.5, 0.6) is 5.75 Å². The lowest BCUT2D eigenvalue weighted by Crippen LogP contribution is -2.36. The molecule has 2 atom stereocenters. The molecular weight excluding hydrogens is 228 g/mol. The van der Waals surface area contributed by atoms with Gasteiger partial charge >= 0.3 is 0 Å². The summed E-state index contributed by atoms with van der Waals surface area (Å²) in [6.45, 7) is 3.85. The fourth-order valence-corrected chi connectivity index (χ4v) is 2.60. The van der Waals surface area contributed by atoms with Crippen LogP contribution in [0.3, 0.4) is 0 Å². The van der Waals surface area contributed by atoms with Crippen LogP contribution in [0.15, 0.2) is 18.2 Å². The Balaban J connectivity index is 2.06. The second-order valence-corrected chi connectivity index (χ2v) is 4.96. The lowest BCUT2D eigenvalue weighted by Gasteiger charge is -2.26. The van der Waals surface area contributed by atoms with E-state index in [0.29, 0.717) is 12.1 Å². The SMILES string of the molecule is COc1cc(N)cc(CN(C)C2CCOC2C)c1. The third-order valence-corrected chi connectivity index (χ3v) is 3.56. The predicted molar refractivity (Wildman–Crippen MR) is 72.7 cm³/mol. The molecule has 0 bridgehead atoms. The van der Waals surface area contributed by atoms with E-state index in [1.165, 1.54) is 5.56 Å². The van der Waals surface area contributed by atoms with E-state index < -0.39 is 0 Å². The Morgan fingerprint density at radius 2 is 2.22 bits per heavy atom. The molecule has 4 nitrogen and oxygen atoms in total. The predicted octanol–water partition coefficient (Wildman–Crippen LogP) is 1.89. The molecule has 0 amide bonds. The van der Waals surface area contributed by atoms with Crippen LogP contribution in [0.25, 0.3) is 0 Å². The maximum Gasteiger partial charge on any atom is 0.121 e. The molecule has 0 aromatic heterocycles. The molecule has 100 valence electrons. The van der Waals surface area contributed by atoms with Gasteiger partial charge in [0.05, 0.1) is 13.2 Å². The monoisotopic (exact) mass is 250 g/mol. The van der Waals surface area contributed by atoms with Crippen molar-refractivity contribution in [2.45, 2.75) is 32.0 Å². The number of likely N-dealkylation sites (N-methyl/N-ethyl adjacent to an activating group) is 1. The van der Waals surface area contributed by atoms with Crippen molar-refractivity contribution in [2.75, 3.05) is 26.5 Å². The van der Waals surface area contributed by atoms with Crippen molar-refractivity contribution in [1.82, 2.24) is 4.90 Å². The standard InChI is InChI=1S/C14H22N2O2/c1-10-14(4-5-18-10)16(2)9-11-6-12(15)8-13(7-11)17-3/h6-8,10,14H,4-5,9,15H2,1-3H3. The molecule has 2 unspecified atom stereocenters. The zero-order valence-electron chi connectivity index (χ0n) is 11.3. The number of nitrogen functional groups attached to an aromatic ring is 1. The summed E-state index contributed by atoms with van der Waals surface area (Å²) in [6.07, 6.45) is 1.40. The number of benzene rings is 1. The molecule has 0 saturated carbocycles. The van der Waals surface area contributed by atoms with E-state index in [-0.39, 0.29) is 0 Å². The Morgan fingerprint density at radius 1 is 1.44 bits per heavy atom. The van der Waals surface area contributed by atoms with Crippen molar-refractivity contribution in [1.29, 1.82) is 0 Å². The number of methoxy groups -OCH3 is 1. The summed E-state index contributed by atoms with van der Waals surface area (Å²) >= 11 is 0. The van der Waals surface area contributed by atoms with E-state index >= 15 is 0 Å². The van der Waals surface area contributed by atoms with Gasteiger partial charge < -0.3 is 15.2 Å². The van der Waals surface area contributed by atoms with E-state index in [9.17, 15) is 0 Å². The number of nitrogens with two attached hydrogens (primary N) is 1. The topological polar surface area (TPSA) is 47.7 Å². The lowest BCUT2D eigenvalue weighted by atomic mass is 10.1. The van der Waals surface area contributed by atoms with E-state index in [2.05, 4.69) is 18.9 Å². The minimum atomic E-state index is 0.304. The van der Waals surface area contributed by atoms with Crippen molar-refractivity contribution in [3.63, 3.8) is 0 Å². The number of hydrogen-bond donors (Lipinski definition) is 1. The normalized spacial score (nSPS) is 23.6. The number of hydrogen-bond acceptors (Lipinski definition) is 4. The minimum absolute atomic E-state index is 0.304. The van der Waals surface area contributed by atoms with Crippen LogP contribution in [0.1, 0.15) is 18.9 Å². The Kier molecular flexibility index (Phi) is 4.09. The molecule has 1 aromatic carbocycles. The number of nitrogens with zero attached hydrogens (tertiary/aromatic N) is 1. The summed E-state index contributed by atoms with van der Waals surface area (Å²) in [6, 6.07) is 6.36. The molecule has 4 heteroatoms. The highest BCUT2D eigenvalue weighted by Crippen LogP contribution is 2.23. The molecule has 2 N–H and O–H groups in total. The molecule has 0 spiro atoms. The Bertz CT molecular complexity index is 409. The smallest absolute Gasteiger partial charge is 0.121 e. The maximum absolute atomic E-state index is 5.87. The molecule has 1 fully saturated rings. The van der Waals surface area contributed by atoms with Crippen LogP contribution < -0.4 is 10.5 Å². The summed E-state index contributed by atoms with van der Waals surface area (Å²) in [4.78, 5) is 2.33. The Labute approximate surface area is 109 Å². The highest BCUT2D eigenvalue weighted by atomic mass is 16.5. The van der Waals surface area contributed by atoms with Gasteiger partial charge in [-0.05, 0) is 38.1 Å². The van der Waals surface area contributed by atoms with Crippen LogP contribution in [-0.2, 0) is 11.3 Å². The summed E-state index contributed by atoms with van der Waals surface area (Å²) in [5.74, 6) is 0.814. The first kappa shape index (κ1) is 13.2. The van der Waals surface area contributed by atoms with Crippen LogP contribution in [0.4, 0.5) is 5.69 Å². The van der Waals surface area contributed by atoms with Crippen molar-refractivity contribution >= 4 is 5.69 Å². The molecule has 1 aliphatic heterocycles. The van der Waals surface area contributed by atoms with Gasteiger partial charge in [0.1, 0.15) is 5.75 Å². The minimum Gasteiger partial charge on any atom is -0.497 e. The second-order valence-electron chi connectivity index (χ2n) is 4.96.